The molecule has 1 saturated carbocycles. The van der Waals surface area contributed by atoms with Crippen LogP contribution in [0, 0.1) is 19.0 Å². The largest absolute Gasteiger partial charge is 0.304 e. The topological polar surface area (TPSA) is 25.8 Å². The molecule has 1 fully saturated rings. The van der Waals surface area contributed by atoms with E-state index in [1.165, 1.54) is 44.8 Å². The van der Waals surface area contributed by atoms with Gasteiger partial charge in [-0.05, 0) is 63.4 Å². The zero-order chi connectivity index (χ0) is 29.5. The Kier molecular flexibility index (Phi) is 7.37. The number of thiophene rings is 1. The Hall–Kier alpha value is -2.95. The number of pyridine rings is 2. The summed E-state index contributed by atoms with van der Waals surface area (Å²) < 4.78 is 24.5. The number of rotatable bonds is 4. The van der Waals surface area contributed by atoms with Crippen LogP contribution in [0.4, 0.5) is 0 Å². The Labute approximate surface area is 260 Å². The van der Waals surface area contributed by atoms with Crippen LogP contribution in [0.1, 0.15) is 34.0 Å². The second-order valence-electron chi connectivity index (χ2n) is 11.1. The Morgan fingerprint density at radius 3 is 2.25 bits per heavy atom. The van der Waals surface area contributed by atoms with Crippen molar-refractivity contribution in [1.82, 2.24) is 9.97 Å². The van der Waals surface area contributed by atoms with Crippen LogP contribution in [-0.4, -0.2) is 18.0 Å². The number of aryl methyl sites for hydroxylation is 1. The molecular weight excluding hydrogens is 701 g/mol. The first-order valence-electron chi connectivity index (χ1n) is 14.9. The molecule has 203 valence electrons. The molecule has 0 saturated heterocycles. The SMILES string of the molecule is C[Si](C)(C)c1cccc2c1sc1c(-c3ccc(C4CC4)cn3)[c-]ccc12.[2H]C([2H])([2H])c1ccc(-c2[c-]cccc2)nc1.[Ir]. The van der Waals surface area contributed by atoms with Gasteiger partial charge in [0, 0.05) is 41.3 Å². The zero-order valence-corrected chi connectivity index (χ0v) is 27.0. The predicted molar refractivity (Wildman–Crippen MR) is 170 cm³/mol. The summed E-state index contributed by atoms with van der Waals surface area (Å²) in [5, 5.41) is 4.28. The van der Waals surface area contributed by atoms with Gasteiger partial charge in [0.05, 0.1) is 8.07 Å². The van der Waals surface area contributed by atoms with E-state index < -0.39 is 14.9 Å². The summed E-state index contributed by atoms with van der Waals surface area (Å²) in [6.07, 6.45) is 6.10. The monoisotopic (exact) mass is 736 g/mol. The van der Waals surface area contributed by atoms with E-state index >= 15 is 0 Å². The molecule has 3 heterocycles. The minimum atomic E-state index is -2.09. The first-order valence-corrected chi connectivity index (χ1v) is 17.7. The fourth-order valence-electron chi connectivity index (χ4n) is 4.86. The van der Waals surface area contributed by atoms with Gasteiger partial charge in [-0.25, -0.2) is 0 Å². The van der Waals surface area contributed by atoms with Gasteiger partial charge in [-0.1, -0.05) is 67.5 Å². The molecule has 0 spiro atoms. The van der Waals surface area contributed by atoms with Crippen molar-refractivity contribution in [1.29, 1.82) is 0 Å². The standard InChI is InChI=1S/C23H22NSSi.C12H10N.Ir/c1-26(2,3)21-9-5-7-18-17-6-4-8-19(22(17)25-23(18)21)20-13-12-16(14-24-20)15-10-11-15;1-10-7-8-12(13-9-10)11-5-3-2-4-6-11;/h4-7,9,12-15H,10-11H2,1-3H3;2-5,7-9H,1H3;/q2*-1;/i;1D3;. The molecular formula is C35H32IrN2SSi-2. The third-order valence-electron chi connectivity index (χ3n) is 7.11. The quantitative estimate of drug-likeness (QED) is 0.133. The Balaban J connectivity index is 0.000000188. The molecule has 0 aliphatic heterocycles. The summed E-state index contributed by atoms with van der Waals surface area (Å²) in [6, 6.07) is 32.8. The summed E-state index contributed by atoms with van der Waals surface area (Å²) in [5.41, 5.74) is 5.42. The van der Waals surface area contributed by atoms with E-state index in [-0.39, 0.29) is 25.7 Å². The van der Waals surface area contributed by atoms with Gasteiger partial charge in [-0.15, -0.1) is 59.7 Å². The average molecular weight is 736 g/mol. The fourth-order valence-corrected chi connectivity index (χ4v) is 8.57. The maximum Gasteiger partial charge on any atom is 0.0794 e. The maximum atomic E-state index is 7.23. The molecule has 40 heavy (non-hydrogen) atoms. The molecule has 0 N–H and O–H groups in total. The molecule has 3 aromatic carbocycles. The van der Waals surface area contributed by atoms with Crippen LogP contribution >= 0.6 is 11.3 Å². The summed E-state index contributed by atoms with van der Waals surface area (Å²) in [4.78, 5) is 8.91. The third-order valence-corrected chi connectivity index (χ3v) is 10.6. The van der Waals surface area contributed by atoms with Crippen molar-refractivity contribution in [2.24, 2.45) is 0 Å². The van der Waals surface area contributed by atoms with Crippen molar-refractivity contribution in [3.63, 3.8) is 0 Å². The second-order valence-corrected chi connectivity index (χ2v) is 17.1. The van der Waals surface area contributed by atoms with Crippen molar-refractivity contribution in [3.05, 3.63) is 115 Å². The van der Waals surface area contributed by atoms with Crippen molar-refractivity contribution in [2.75, 3.05) is 0 Å². The summed E-state index contributed by atoms with van der Waals surface area (Å²) in [7, 11) is -1.39. The third kappa shape index (κ3) is 6.03. The number of fused-ring (bicyclic) bond motifs is 3. The second kappa shape index (κ2) is 11.9. The van der Waals surface area contributed by atoms with Crippen LogP contribution < -0.4 is 5.19 Å². The Morgan fingerprint density at radius 2 is 1.60 bits per heavy atom. The van der Waals surface area contributed by atoms with E-state index in [1.807, 2.05) is 29.5 Å². The minimum Gasteiger partial charge on any atom is -0.304 e. The van der Waals surface area contributed by atoms with Crippen LogP contribution in [0.15, 0.2) is 91.3 Å². The van der Waals surface area contributed by atoms with E-state index in [0.29, 0.717) is 0 Å². The number of nitrogens with zero attached hydrogens (tertiary/aromatic N) is 2. The number of hydrogen-bond donors (Lipinski definition) is 0. The average Bonchev–Trinajstić information content (AvgIpc) is 3.77. The fraction of sp³-hybridized carbons (Fsp3) is 0.200. The predicted octanol–water partition coefficient (Wildman–Crippen LogP) is 9.19. The van der Waals surface area contributed by atoms with Crippen LogP contribution in [0.25, 0.3) is 42.7 Å². The number of benzene rings is 3. The van der Waals surface area contributed by atoms with Gasteiger partial charge in [-0.3, -0.25) is 0 Å². The molecule has 0 unspecified atom stereocenters. The Bertz CT molecular complexity index is 1840. The molecule has 3 aromatic heterocycles. The van der Waals surface area contributed by atoms with Crippen molar-refractivity contribution in [3.8, 4) is 22.5 Å². The molecule has 7 rings (SSSR count). The normalized spacial score (nSPS) is 14.4. The van der Waals surface area contributed by atoms with Gasteiger partial charge in [0.25, 0.3) is 0 Å². The van der Waals surface area contributed by atoms with Crippen LogP contribution in [0.5, 0.6) is 0 Å². The van der Waals surface area contributed by atoms with Crippen LogP contribution in [0.3, 0.4) is 0 Å². The summed E-state index contributed by atoms with van der Waals surface area (Å²) >= 11 is 1.92. The number of hydrogen-bond acceptors (Lipinski definition) is 3. The molecule has 5 heteroatoms. The van der Waals surface area contributed by atoms with Gasteiger partial charge in [0.15, 0.2) is 0 Å². The van der Waals surface area contributed by atoms with E-state index in [9.17, 15) is 0 Å². The first kappa shape index (κ1) is 24.8. The van der Waals surface area contributed by atoms with E-state index in [0.717, 1.165) is 28.4 Å². The smallest absolute Gasteiger partial charge is 0.0794 e. The Morgan fingerprint density at radius 1 is 0.800 bits per heavy atom. The summed E-state index contributed by atoms with van der Waals surface area (Å²) in [6.45, 7) is 5.19. The van der Waals surface area contributed by atoms with Crippen molar-refractivity contribution >= 4 is 44.8 Å². The van der Waals surface area contributed by atoms with Gasteiger partial charge in [0.2, 0.25) is 0 Å². The van der Waals surface area contributed by atoms with Crippen molar-refractivity contribution < 1.29 is 24.2 Å². The minimum absolute atomic E-state index is 0. The maximum absolute atomic E-state index is 7.23. The van der Waals surface area contributed by atoms with Gasteiger partial charge in [0.1, 0.15) is 0 Å². The molecule has 1 aliphatic rings. The summed E-state index contributed by atoms with van der Waals surface area (Å²) in [5.74, 6) is 0.750. The molecule has 0 amide bonds. The molecule has 0 atom stereocenters. The molecule has 1 aliphatic carbocycles. The van der Waals surface area contributed by atoms with Gasteiger partial charge in [-0.2, -0.15) is 11.3 Å². The van der Waals surface area contributed by atoms with E-state index in [2.05, 4.69) is 85.4 Å². The first-order chi connectivity index (χ1) is 20.1. The van der Waals surface area contributed by atoms with E-state index in [4.69, 9.17) is 9.10 Å². The zero-order valence-electron chi connectivity index (χ0n) is 25.8. The molecule has 6 aromatic rings. The van der Waals surface area contributed by atoms with Crippen LogP contribution in [-0.2, 0) is 20.1 Å². The van der Waals surface area contributed by atoms with Gasteiger partial charge >= 0.3 is 0 Å². The van der Waals surface area contributed by atoms with Crippen LogP contribution in [0.2, 0.25) is 19.6 Å². The van der Waals surface area contributed by atoms with Crippen molar-refractivity contribution in [2.45, 2.75) is 45.3 Å². The molecule has 1 radical (unpaired) electrons. The van der Waals surface area contributed by atoms with E-state index in [1.54, 1.807) is 23.4 Å². The molecule has 2 nitrogen and oxygen atoms in total. The number of aromatic nitrogens is 2. The molecule has 0 bridgehead atoms. The van der Waals surface area contributed by atoms with Gasteiger partial charge < -0.3 is 9.97 Å².